The van der Waals surface area contributed by atoms with Crippen molar-refractivity contribution < 1.29 is 9.53 Å². The number of hydrogen-bond acceptors (Lipinski definition) is 3. The zero-order valence-electron chi connectivity index (χ0n) is 13.9. The molecule has 1 unspecified atom stereocenters. The molecule has 0 radical (unpaired) electrons. The normalized spacial score (nSPS) is 18.1. The van der Waals surface area contributed by atoms with E-state index in [1.807, 2.05) is 28.9 Å². The molecule has 1 atom stereocenters. The Morgan fingerprint density at radius 2 is 2.17 bits per heavy atom. The van der Waals surface area contributed by atoms with Gasteiger partial charge in [-0.2, -0.15) is 5.10 Å². The predicted octanol–water partition coefficient (Wildman–Crippen LogP) is 3.39. The minimum atomic E-state index is -0.185. The first-order valence-electron chi connectivity index (χ1n) is 7.99. The van der Waals surface area contributed by atoms with Gasteiger partial charge in [0.25, 0.3) is 5.91 Å². The fraction of sp³-hybridized carbons (Fsp3) is 0.444. The van der Waals surface area contributed by atoms with E-state index < -0.39 is 0 Å². The summed E-state index contributed by atoms with van der Waals surface area (Å²) in [5.74, 6) is 0.983. The van der Waals surface area contributed by atoms with E-state index in [1.165, 1.54) is 5.56 Å². The van der Waals surface area contributed by atoms with Gasteiger partial charge < -0.3 is 10.1 Å². The maximum absolute atomic E-state index is 12.6. The maximum atomic E-state index is 12.6. The molecule has 2 heterocycles. The van der Waals surface area contributed by atoms with Crippen molar-refractivity contribution in [1.29, 1.82) is 0 Å². The van der Waals surface area contributed by atoms with Crippen molar-refractivity contribution >= 4 is 11.7 Å². The van der Waals surface area contributed by atoms with Gasteiger partial charge in [0.05, 0.1) is 18.3 Å². The Bertz CT molecular complexity index is 694. The summed E-state index contributed by atoms with van der Waals surface area (Å²) in [6.45, 7) is 7.69. The average molecular weight is 313 g/mol. The fourth-order valence-corrected chi connectivity index (χ4v) is 2.85. The van der Waals surface area contributed by atoms with Gasteiger partial charge >= 0.3 is 0 Å². The van der Waals surface area contributed by atoms with E-state index in [1.54, 1.807) is 6.20 Å². The molecule has 1 aromatic carbocycles. The van der Waals surface area contributed by atoms with Gasteiger partial charge in [-0.1, -0.05) is 12.1 Å². The lowest BCUT2D eigenvalue weighted by Gasteiger charge is -2.22. The Morgan fingerprint density at radius 3 is 2.87 bits per heavy atom. The predicted molar refractivity (Wildman–Crippen MR) is 89.8 cm³/mol. The van der Waals surface area contributed by atoms with Crippen LogP contribution in [-0.2, 0) is 10.3 Å². The van der Waals surface area contributed by atoms with Gasteiger partial charge in [-0.15, -0.1) is 0 Å². The van der Waals surface area contributed by atoms with E-state index >= 15 is 0 Å². The molecule has 0 spiro atoms. The number of benzene rings is 1. The van der Waals surface area contributed by atoms with Gasteiger partial charge in [0.15, 0.2) is 0 Å². The van der Waals surface area contributed by atoms with Crippen LogP contribution in [0.1, 0.15) is 49.0 Å². The number of carbonyl (C=O) groups is 1. The molecule has 2 aromatic rings. The van der Waals surface area contributed by atoms with Crippen LogP contribution in [0.2, 0.25) is 0 Å². The zero-order chi connectivity index (χ0) is 16.4. The van der Waals surface area contributed by atoms with Gasteiger partial charge in [0.1, 0.15) is 5.82 Å². The number of rotatable bonds is 3. The SMILES string of the molecule is CC(C)(C)n1nccc1NC(=O)c1cccc(C2CCOC2)c1. The second-order valence-electron chi connectivity index (χ2n) is 6.94. The van der Waals surface area contributed by atoms with E-state index in [2.05, 4.69) is 37.3 Å². The first-order chi connectivity index (χ1) is 10.9. The second-order valence-corrected chi connectivity index (χ2v) is 6.94. The molecule has 0 saturated carbocycles. The highest BCUT2D eigenvalue weighted by molar-refractivity contribution is 6.03. The lowest BCUT2D eigenvalue weighted by Crippen LogP contribution is -2.26. The summed E-state index contributed by atoms with van der Waals surface area (Å²) in [7, 11) is 0. The van der Waals surface area contributed by atoms with E-state index in [9.17, 15) is 4.79 Å². The molecule has 1 N–H and O–H groups in total. The van der Waals surface area contributed by atoms with Crippen molar-refractivity contribution in [3.63, 3.8) is 0 Å². The third kappa shape index (κ3) is 3.45. The van der Waals surface area contributed by atoms with Crippen molar-refractivity contribution in [2.45, 2.75) is 38.6 Å². The van der Waals surface area contributed by atoms with Gasteiger partial charge in [0, 0.05) is 24.2 Å². The summed E-state index contributed by atoms with van der Waals surface area (Å²) in [6, 6.07) is 9.62. The lowest BCUT2D eigenvalue weighted by atomic mass is 9.96. The van der Waals surface area contributed by atoms with Crippen LogP contribution in [0.25, 0.3) is 0 Å². The van der Waals surface area contributed by atoms with Crippen LogP contribution in [0, 0.1) is 0 Å². The van der Waals surface area contributed by atoms with Crippen LogP contribution in [0.5, 0.6) is 0 Å². The monoisotopic (exact) mass is 313 g/mol. The zero-order valence-corrected chi connectivity index (χ0v) is 13.9. The molecular weight excluding hydrogens is 290 g/mol. The van der Waals surface area contributed by atoms with Gasteiger partial charge in [-0.3, -0.25) is 4.79 Å². The van der Waals surface area contributed by atoms with E-state index in [0.29, 0.717) is 17.3 Å². The smallest absolute Gasteiger partial charge is 0.256 e. The molecule has 23 heavy (non-hydrogen) atoms. The highest BCUT2D eigenvalue weighted by atomic mass is 16.5. The summed E-state index contributed by atoms with van der Waals surface area (Å²) >= 11 is 0. The molecule has 5 nitrogen and oxygen atoms in total. The third-order valence-electron chi connectivity index (χ3n) is 4.07. The Hall–Kier alpha value is -2.14. The molecule has 0 bridgehead atoms. The van der Waals surface area contributed by atoms with Crippen LogP contribution in [0.4, 0.5) is 5.82 Å². The molecule has 1 amide bonds. The van der Waals surface area contributed by atoms with Crippen LogP contribution >= 0.6 is 0 Å². The molecule has 1 aromatic heterocycles. The van der Waals surface area contributed by atoms with Gasteiger partial charge in [-0.05, 0) is 44.9 Å². The molecule has 0 aliphatic carbocycles. The minimum Gasteiger partial charge on any atom is -0.381 e. The highest BCUT2D eigenvalue weighted by Crippen LogP contribution is 2.26. The largest absolute Gasteiger partial charge is 0.381 e. The highest BCUT2D eigenvalue weighted by Gasteiger charge is 2.21. The lowest BCUT2D eigenvalue weighted by molar-refractivity contribution is 0.102. The second kappa shape index (κ2) is 6.16. The number of amides is 1. The maximum Gasteiger partial charge on any atom is 0.256 e. The molecule has 1 aliphatic heterocycles. The van der Waals surface area contributed by atoms with Crippen molar-refractivity contribution in [3.8, 4) is 0 Å². The Balaban J connectivity index is 1.79. The van der Waals surface area contributed by atoms with Crippen LogP contribution < -0.4 is 5.32 Å². The Kier molecular flexibility index (Phi) is 4.22. The number of ether oxygens (including phenoxy) is 1. The number of hydrogen-bond donors (Lipinski definition) is 1. The summed E-state index contributed by atoms with van der Waals surface area (Å²) < 4.78 is 7.26. The molecule has 1 aliphatic rings. The third-order valence-corrected chi connectivity index (χ3v) is 4.07. The van der Waals surface area contributed by atoms with Crippen LogP contribution in [0.15, 0.2) is 36.5 Å². The average Bonchev–Trinajstić information content (AvgIpc) is 3.18. The first-order valence-corrected chi connectivity index (χ1v) is 7.99. The number of nitrogens with zero attached hydrogens (tertiary/aromatic N) is 2. The minimum absolute atomic E-state index is 0.114. The molecule has 1 fully saturated rings. The van der Waals surface area contributed by atoms with Gasteiger partial charge in [-0.25, -0.2) is 4.68 Å². The van der Waals surface area contributed by atoms with E-state index in [-0.39, 0.29) is 11.4 Å². The quantitative estimate of drug-likeness (QED) is 0.945. The standard InChI is InChI=1S/C18H23N3O2/c1-18(2,3)21-16(7-9-19-21)20-17(22)14-6-4-5-13(11-14)15-8-10-23-12-15/h4-7,9,11,15H,8,10,12H2,1-3H3,(H,20,22). The molecule has 122 valence electrons. The number of aromatic nitrogens is 2. The Morgan fingerprint density at radius 1 is 1.35 bits per heavy atom. The summed E-state index contributed by atoms with van der Waals surface area (Å²) in [5, 5.41) is 7.26. The Labute approximate surface area is 136 Å². The van der Waals surface area contributed by atoms with Crippen molar-refractivity contribution in [2.75, 3.05) is 18.5 Å². The van der Waals surface area contributed by atoms with Crippen LogP contribution in [0.3, 0.4) is 0 Å². The molecular formula is C18H23N3O2. The molecule has 1 saturated heterocycles. The van der Waals surface area contributed by atoms with E-state index in [0.717, 1.165) is 19.6 Å². The topological polar surface area (TPSA) is 56.2 Å². The molecule has 5 heteroatoms. The van der Waals surface area contributed by atoms with Crippen LogP contribution in [-0.4, -0.2) is 28.9 Å². The number of nitrogens with one attached hydrogen (secondary N) is 1. The molecule has 3 rings (SSSR count). The van der Waals surface area contributed by atoms with Crippen molar-refractivity contribution in [3.05, 3.63) is 47.7 Å². The van der Waals surface area contributed by atoms with E-state index in [4.69, 9.17) is 4.74 Å². The van der Waals surface area contributed by atoms with Gasteiger partial charge in [0.2, 0.25) is 0 Å². The summed E-state index contributed by atoms with van der Waals surface area (Å²) in [4.78, 5) is 12.6. The fourth-order valence-electron chi connectivity index (χ4n) is 2.85. The first kappa shape index (κ1) is 15.7. The van der Waals surface area contributed by atoms with Crippen molar-refractivity contribution in [1.82, 2.24) is 9.78 Å². The van der Waals surface area contributed by atoms with Crippen molar-refractivity contribution in [2.24, 2.45) is 0 Å². The summed E-state index contributed by atoms with van der Waals surface area (Å²) in [5.41, 5.74) is 1.64. The summed E-state index contributed by atoms with van der Waals surface area (Å²) in [6.07, 6.45) is 2.72. The number of carbonyl (C=O) groups excluding carboxylic acids is 1. The number of anilines is 1.